The third-order valence-electron chi connectivity index (χ3n) is 4.94. The van der Waals surface area contributed by atoms with Crippen molar-refractivity contribution in [3.8, 4) is 0 Å². The van der Waals surface area contributed by atoms with Crippen molar-refractivity contribution in [2.75, 3.05) is 18.5 Å². The van der Waals surface area contributed by atoms with Crippen LogP contribution in [0, 0.1) is 15.9 Å². The predicted octanol–water partition coefficient (Wildman–Crippen LogP) is 2.94. The summed E-state index contributed by atoms with van der Waals surface area (Å²) < 4.78 is 41.4. The Bertz CT molecular complexity index is 1030. The van der Waals surface area contributed by atoms with Gasteiger partial charge in [-0.3, -0.25) is 14.9 Å². The van der Waals surface area contributed by atoms with Crippen molar-refractivity contribution in [3.63, 3.8) is 0 Å². The number of halogens is 1. The number of carbonyl (C=O) groups is 1. The second-order valence-electron chi connectivity index (χ2n) is 6.73. The number of likely N-dealkylation sites (N-methyl/N-ethyl adjacent to an activating group) is 1. The lowest BCUT2D eigenvalue weighted by atomic mass is 10.0. The fourth-order valence-corrected chi connectivity index (χ4v) is 5.03. The summed E-state index contributed by atoms with van der Waals surface area (Å²) in [5.74, 6) is -1.11. The van der Waals surface area contributed by atoms with Gasteiger partial charge in [-0.2, -0.15) is 4.31 Å². The zero-order chi connectivity index (χ0) is 21.2. The first kappa shape index (κ1) is 20.9. The number of rotatable bonds is 5. The molecule has 2 aromatic rings. The quantitative estimate of drug-likeness (QED) is 0.546. The Labute approximate surface area is 167 Å². The number of non-ortho nitro benzene ring substituents is 1. The van der Waals surface area contributed by atoms with Crippen LogP contribution in [0.1, 0.15) is 19.3 Å². The van der Waals surface area contributed by atoms with Crippen LogP contribution in [-0.4, -0.2) is 43.2 Å². The smallest absolute Gasteiger partial charge is 0.269 e. The summed E-state index contributed by atoms with van der Waals surface area (Å²) >= 11 is 0. The first-order valence-electron chi connectivity index (χ1n) is 9.02. The molecule has 3 rings (SSSR count). The van der Waals surface area contributed by atoms with E-state index in [2.05, 4.69) is 0 Å². The summed E-state index contributed by atoms with van der Waals surface area (Å²) in [5, 5.41) is 10.8. The number of nitro benzene ring substituents is 1. The third-order valence-corrected chi connectivity index (χ3v) is 6.86. The summed E-state index contributed by atoms with van der Waals surface area (Å²) in [5.41, 5.74) is -0.162. The molecular formula is C19H20FN3O5S. The molecule has 0 spiro atoms. The van der Waals surface area contributed by atoms with Crippen LogP contribution in [0.3, 0.4) is 0 Å². The Balaban J connectivity index is 1.91. The molecule has 1 aliphatic heterocycles. The van der Waals surface area contributed by atoms with Crippen LogP contribution < -0.4 is 4.90 Å². The Morgan fingerprint density at radius 1 is 1.17 bits per heavy atom. The summed E-state index contributed by atoms with van der Waals surface area (Å²) in [6.07, 6.45) is 1.55. The van der Waals surface area contributed by atoms with Crippen LogP contribution in [-0.2, 0) is 14.8 Å². The number of nitrogens with zero attached hydrogens (tertiary/aromatic N) is 3. The SMILES string of the molecule is CN(C(=O)C1CCCCN1S(=O)(=O)c1ccc([N+](=O)[O-])cc1)c1ccccc1F. The van der Waals surface area contributed by atoms with Crippen molar-refractivity contribution in [2.24, 2.45) is 0 Å². The van der Waals surface area contributed by atoms with Crippen molar-refractivity contribution in [3.05, 3.63) is 64.5 Å². The van der Waals surface area contributed by atoms with Gasteiger partial charge in [-0.1, -0.05) is 18.6 Å². The lowest BCUT2D eigenvalue weighted by molar-refractivity contribution is -0.384. The van der Waals surface area contributed by atoms with Crippen LogP contribution in [0.15, 0.2) is 53.4 Å². The largest absolute Gasteiger partial charge is 0.311 e. The summed E-state index contributed by atoms with van der Waals surface area (Å²) in [6.45, 7) is 0.140. The van der Waals surface area contributed by atoms with E-state index in [0.717, 1.165) is 33.5 Å². The average molecular weight is 421 g/mol. The molecule has 0 radical (unpaired) electrons. The van der Waals surface area contributed by atoms with E-state index in [1.54, 1.807) is 6.07 Å². The number of hydrogen-bond acceptors (Lipinski definition) is 5. The van der Waals surface area contributed by atoms with E-state index in [1.165, 1.54) is 25.2 Å². The van der Waals surface area contributed by atoms with Gasteiger partial charge in [0.1, 0.15) is 11.9 Å². The van der Waals surface area contributed by atoms with Gasteiger partial charge in [0.05, 0.1) is 15.5 Å². The van der Waals surface area contributed by atoms with E-state index in [-0.39, 0.29) is 22.8 Å². The molecular weight excluding hydrogens is 401 g/mol. The molecule has 0 N–H and O–H groups in total. The van der Waals surface area contributed by atoms with Gasteiger partial charge in [0, 0.05) is 25.7 Å². The minimum atomic E-state index is -4.06. The molecule has 1 amide bonds. The minimum Gasteiger partial charge on any atom is -0.311 e. The highest BCUT2D eigenvalue weighted by atomic mass is 32.2. The molecule has 1 saturated heterocycles. The Hall–Kier alpha value is -2.85. The highest BCUT2D eigenvalue weighted by Gasteiger charge is 2.39. The number of carbonyl (C=O) groups excluding carboxylic acids is 1. The van der Waals surface area contributed by atoms with Crippen molar-refractivity contribution < 1.29 is 22.5 Å². The molecule has 10 heteroatoms. The number of nitro groups is 1. The number of piperidine rings is 1. The van der Waals surface area contributed by atoms with Crippen molar-refractivity contribution in [2.45, 2.75) is 30.2 Å². The standard InChI is InChI=1S/C19H20FN3O5S/c1-21(17-7-3-2-6-16(17)20)19(24)18-8-4-5-13-22(18)29(27,28)15-11-9-14(10-12-15)23(25)26/h2-3,6-7,9-12,18H,4-5,8,13H2,1H3. The molecule has 1 atom stereocenters. The molecule has 0 aliphatic carbocycles. The molecule has 1 unspecified atom stereocenters. The summed E-state index contributed by atoms with van der Waals surface area (Å²) in [7, 11) is -2.65. The fourth-order valence-electron chi connectivity index (χ4n) is 3.38. The number of hydrogen-bond donors (Lipinski definition) is 0. The first-order chi connectivity index (χ1) is 13.7. The van der Waals surface area contributed by atoms with Crippen molar-refractivity contribution in [1.29, 1.82) is 0 Å². The average Bonchev–Trinajstić information content (AvgIpc) is 2.73. The van der Waals surface area contributed by atoms with E-state index >= 15 is 0 Å². The molecule has 154 valence electrons. The Morgan fingerprint density at radius 3 is 2.45 bits per heavy atom. The van der Waals surface area contributed by atoms with Crippen LogP contribution in [0.2, 0.25) is 0 Å². The van der Waals surface area contributed by atoms with Crippen molar-refractivity contribution in [1.82, 2.24) is 4.31 Å². The predicted molar refractivity (Wildman–Crippen MR) is 104 cm³/mol. The third kappa shape index (κ3) is 4.13. The normalized spacial score (nSPS) is 17.7. The summed E-state index contributed by atoms with van der Waals surface area (Å²) in [4.78, 5) is 24.2. The summed E-state index contributed by atoms with van der Waals surface area (Å²) in [6, 6.07) is 9.33. The molecule has 0 bridgehead atoms. The molecule has 8 nitrogen and oxygen atoms in total. The number of amides is 1. The van der Waals surface area contributed by atoms with E-state index in [1.807, 2.05) is 0 Å². The molecule has 0 saturated carbocycles. The maximum Gasteiger partial charge on any atom is 0.269 e. The maximum absolute atomic E-state index is 14.1. The highest BCUT2D eigenvalue weighted by molar-refractivity contribution is 7.89. The van der Waals surface area contributed by atoms with Crippen molar-refractivity contribution >= 4 is 27.3 Å². The van der Waals surface area contributed by atoms with E-state index in [0.29, 0.717) is 19.3 Å². The van der Waals surface area contributed by atoms with E-state index in [9.17, 15) is 27.7 Å². The minimum absolute atomic E-state index is 0.0655. The van der Waals surface area contributed by atoms with Gasteiger partial charge in [-0.05, 0) is 37.1 Å². The van der Waals surface area contributed by atoms with E-state index < -0.39 is 32.7 Å². The van der Waals surface area contributed by atoms with Gasteiger partial charge in [-0.15, -0.1) is 0 Å². The number of para-hydroxylation sites is 1. The second-order valence-corrected chi connectivity index (χ2v) is 8.62. The van der Waals surface area contributed by atoms with Gasteiger partial charge in [0.2, 0.25) is 15.9 Å². The zero-order valence-corrected chi connectivity index (χ0v) is 16.5. The monoisotopic (exact) mass is 421 g/mol. The number of sulfonamides is 1. The highest BCUT2D eigenvalue weighted by Crippen LogP contribution is 2.29. The molecule has 1 heterocycles. The van der Waals surface area contributed by atoms with Crippen LogP contribution >= 0.6 is 0 Å². The van der Waals surface area contributed by atoms with Crippen LogP contribution in [0.25, 0.3) is 0 Å². The lowest BCUT2D eigenvalue weighted by Crippen LogP contribution is -2.52. The first-order valence-corrected chi connectivity index (χ1v) is 10.5. The molecule has 0 aromatic heterocycles. The van der Waals surface area contributed by atoms with Gasteiger partial charge < -0.3 is 4.90 Å². The van der Waals surface area contributed by atoms with Gasteiger partial charge >= 0.3 is 0 Å². The fraction of sp³-hybridized carbons (Fsp3) is 0.316. The van der Waals surface area contributed by atoms with Crippen LogP contribution in [0.5, 0.6) is 0 Å². The molecule has 1 fully saturated rings. The molecule has 2 aromatic carbocycles. The molecule has 29 heavy (non-hydrogen) atoms. The Morgan fingerprint density at radius 2 is 1.83 bits per heavy atom. The van der Waals surface area contributed by atoms with E-state index in [4.69, 9.17) is 0 Å². The Kier molecular flexibility index (Phi) is 5.94. The maximum atomic E-state index is 14.1. The van der Waals surface area contributed by atoms with Gasteiger partial charge in [0.25, 0.3) is 5.69 Å². The topological polar surface area (TPSA) is 101 Å². The van der Waals surface area contributed by atoms with Crippen LogP contribution in [0.4, 0.5) is 15.8 Å². The number of anilines is 1. The zero-order valence-electron chi connectivity index (χ0n) is 15.7. The molecule has 1 aliphatic rings. The number of benzene rings is 2. The van der Waals surface area contributed by atoms with Gasteiger partial charge in [-0.25, -0.2) is 12.8 Å². The lowest BCUT2D eigenvalue weighted by Gasteiger charge is -2.35. The second kappa shape index (κ2) is 8.26. The van der Waals surface area contributed by atoms with Gasteiger partial charge in [0.15, 0.2) is 0 Å².